The summed E-state index contributed by atoms with van der Waals surface area (Å²) in [5.41, 5.74) is 1.60. The smallest absolute Gasteiger partial charge is 0.272 e. The van der Waals surface area contributed by atoms with E-state index in [0.717, 1.165) is 0 Å². The molecule has 0 bridgehead atoms. The molecule has 0 aliphatic carbocycles. The SMILES string of the molecule is Cc1cc(C(=O)NC(C)c2ccc(OCC(F)F)c(Cl)c2)cc(NC(=O)C(C)C)n1. The number of carbonyl (C=O) groups is 2. The Bertz CT molecular complexity index is 922. The third-order valence-corrected chi connectivity index (χ3v) is 4.45. The molecule has 1 unspecified atom stereocenters. The Morgan fingerprint density at radius 1 is 1.17 bits per heavy atom. The molecule has 1 aromatic heterocycles. The third-order valence-electron chi connectivity index (χ3n) is 4.16. The van der Waals surface area contributed by atoms with Crippen LogP contribution in [0.5, 0.6) is 5.75 Å². The Hall–Kier alpha value is -2.74. The molecule has 0 aliphatic heterocycles. The zero-order valence-electron chi connectivity index (χ0n) is 17.1. The zero-order valence-corrected chi connectivity index (χ0v) is 17.9. The van der Waals surface area contributed by atoms with Gasteiger partial charge in [0.2, 0.25) is 5.91 Å². The standard InChI is InChI=1S/C21H24ClF2N3O3/c1-11(2)20(28)27-19-9-15(7-12(3)25-19)21(29)26-13(4)14-5-6-17(16(22)8-14)30-10-18(23)24/h5-9,11,13,18H,10H2,1-4H3,(H,26,29)(H,25,27,28). The lowest BCUT2D eigenvalue weighted by Crippen LogP contribution is -2.27. The Kier molecular flexibility index (Phi) is 8.11. The molecule has 0 saturated carbocycles. The second-order valence-corrected chi connectivity index (χ2v) is 7.52. The molecule has 2 aromatic rings. The van der Waals surface area contributed by atoms with Crippen molar-refractivity contribution in [1.82, 2.24) is 10.3 Å². The van der Waals surface area contributed by atoms with Crippen LogP contribution in [0.1, 0.15) is 48.4 Å². The molecule has 162 valence electrons. The number of anilines is 1. The number of aryl methyl sites for hydroxylation is 1. The topological polar surface area (TPSA) is 80.3 Å². The summed E-state index contributed by atoms with van der Waals surface area (Å²) >= 11 is 6.09. The van der Waals surface area contributed by atoms with Crippen LogP contribution in [0.4, 0.5) is 14.6 Å². The maximum Gasteiger partial charge on any atom is 0.272 e. The van der Waals surface area contributed by atoms with E-state index in [0.29, 0.717) is 22.6 Å². The predicted molar refractivity (Wildman–Crippen MR) is 111 cm³/mol. The van der Waals surface area contributed by atoms with Crippen molar-refractivity contribution in [2.75, 3.05) is 11.9 Å². The van der Waals surface area contributed by atoms with Crippen LogP contribution in [-0.4, -0.2) is 29.8 Å². The van der Waals surface area contributed by atoms with E-state index < -0.39 is 19.1 Å². The van der Waals surface area contributed by atoms with Crippen molar-refractivity contribution < 1.29 is 23.1 Å². The van der Waals surface area contributed by atoms with Gasteiger partial charge in [0.15, 0.2) is 0 Å². The molecule has 6 nitrogen and oxygen atoms in total. The molecule has 0 radical (unpaired) electrons. The summed E-state index contributed by atoms with van der Waals surface area (Å²) in [5, 5.41) is 5.70. The molecule has 0 saturated heterocycles. The van der Waals surface area contributed by atoms with Gasteiger partial charge >= 0.3 is 0 Å². The summed E-state index contributed by atoms with van der Waals surface area (Å²) in [6.45, 7) is 6.26. The van der Waals surface area contributed by atoms with E-state index in [4.69, 9.17) is 16.3 Å². The Morgan fingerprint density at radius 3 is 2.47 bits per heavy atom. The van der Waals surface area contributed by atoms with Crippen LogP contribution in [0.3, 0.4) is 0 Å². The van der Waals surface area contributed by atoms with Gasteiger partial charge in [-0.15, -0.1) is 0 Å². The van der Waals surface area contributed by atoms with Gasteiger partial charge in [0, 0.05) is 17.2 Å². The van der Waals surface area contributed by atoms with Crippen molar-refractivity contribution in [1.29, 1.82) is 0 Å². The average Bonchev–Trinajstić information content (AvgIpc) is 2.66. The molecule has 1 aromatic carbocycles. The first-order valence-electron chi connectivity index (χ1n) is 9.37. The number of rotatable bonds is 8. The van der Waals surface area contributed by atoms with Crippen LogP contribution in [0.2, 0.25) is 5.02 Å². The summed E-state index contributed by atoms with van der Waals surface area (Å²) < 4.78 is 29.5. The van der Waals surface area contributed by atoms with Gasteiger partial charge in [0.05, 0.1) is 11.1 Å². The van der Waals surface area contributed by atoms with Gasteiger partial charge < -0.3 is 15.4 Å². The number of pyridine rings is 1. The van der Waals surface area contributed by atoms with Crippen LogP contribution in [-0.2, 0) is 4.79 Å². The van der Waals surface area contributed by atoms with Gasteiger partial charge in [-0.1, -0.05) is 31.5 Å². The average molecular weight is 440 g/mol. The number of hydrogen-bond donors (Lipinski definition) is 2. The number of benzene rings is 1. The van der Waals surface area contributed by atoms with Gasteiger partial charge in [-0.05, 0) is 43.7 Å². The highest BCUT2D eigenvalue weighted by atomic mass is 35.5. The van der Waals surface area contributed by atoms with Crippen molar-refractivity contribution in [3.8, 4) is 5.75 Å². The van der Waals surface area contributed by atoms with E-state index in [9.17, 15) is 18.4 Å². The number of nitrogens with zero attached hydrogens (tertiary/aromatic N) is 1. The largest absolute Gasteiger partial charge is 0.486 e. The number of hydrogen-bond acceptors (Lipinski definition) is 4. The second kappa shape index (κ2) is 10.3. The first-order valence-corrected chi connectivity index (χ1v) is 9.75. The van der Waals surface area contributed by atoms with Gasteiger partial charge in [-0.2, -0.15) is 0 Å². The molecule has 0 fully saturated rings. The van der Waals surface area contributed by atoms with Crippen LogP contribution in [0.25, 0.3) is 0 Å². The summed E-state index contributed by atoms with van der Waals surface area (Å²) in [7, 11) is 0. The number of halogens is 3. The lowest BCUT2D eigenvalue weighted by molar-refractivity contribution is -0.118. The van der Waals surface area contributed by atoms with E-state index in [-0.39, 0.29) is 28.5 Å². The van der Waals surface area contributed by atoms with E-state index in [2.05, 4.69) is 15.6 Å². The summed E-state index contributed by atoms with van der Waals surface area (Å²) in [6, 6.07) is 7.38. The predicted octanol–water partition coefficient (Wildman–Crippen LogP) is 4.77. The first-order chi connectivity index (χ1) is 14.1. The summed E-state index contributed by atoms with van der Waals surface area (Å²) in [6.07, 6.45) is -2.60. The maximum atomic E-state index is 12.7. The number of alkyl halides is 2. The van der Waals surface area contributed by atoms with Crippen molar-refractivity contribution in [2.45, 2.75) is 40.2 Å². The number of ether oxygens (including phenoxy) is 1. The highest BCUT2D eigenvalue weighted by Crippen LogP contribution is 2.28. The van der Waals surface area contributed by atoms with Gasteiger partial charge in [0.1, 0.15) is 18.2 Å². The second-order valence-electron chi connectivity index (χ2n) is 7.11. The van der Waals surface area contributed by atoms with Crippen molar-refractivity contribution >= 4 is 29.2 Å². The molecule has 9 heteroatoms. The fourth-order valence-electron chi connectivity index (χ4n) is 2.55. The van der Waals surface area contributed by atoms with Crippen LogP contribution >= 0.6 is 11.6 Å². The Balaban J connectivity index is 2.11. The molecule has 1 heterocycles. The highest BCUT2D eigenvalue weighted by molar-refractivity contribution is 6.32. The van der Waals surface area contributed by atoms with Crippen LogP contribution in [0, 0.1) is 12.8 Å². The molecule has 30 heavy (non-hydrogen) atoms. The van der Waals surface area contributed by atoms with E-state index in [1.807, 2.05) is 0 Å². The number of nitrogens with one attached hydrogen (secondary N) is 2. The Morgan fingerprint density at radius 2 is 1.87 bits per heavy atom. The molecule has 2 amide bonds. The fourth-order valence-corrected chi connectivity index (χ4v) is 2.80. The minimum atomic E-state index is -2.60. The van der Waals surface area contributed by atoms with E-state index >= 15 is 0 Å². The van der Waals surface area contributed by atoms with Crippen molar-refractivity contribution in [2.24, 2.45) is 5.92 Å². The monoisotopic (exact) mass is 439 g/mol. The van der Waals surface area contributed by atoms with E-state index in [1.54, 1.807) is 45.9 Å². The first kappa shape index (κ1) is 23.5. The van der Waals surface area contributed by atoms with Crippen molar-refractivity contribution in [3.05, 3.63) is 52.2 Å². The minimum Gasteiger partial charge on any atom is -0.486 e. The fraction of sp³-hybridized carbons (Fsp3) is 0.381. The molecule has 0 aliphatic rings. The van der Waals surface area contributed by atoms with Gasteiger partial charge in [0.25, 0.3) is 12.3 Å². The lowest BCUT2D eigenvalue weighted by Gasteiger charge is -2.17. The van der Waals surface area contributed by atoms with Crippen LogP contribution in [0.15, 0.2) is 30.3 Å². The maximum absolute atomic E-state index is 12.7. The number of aromatic nitrogens is 1. The van der Waals surface area contributed by atoms with Crippen molar-refractivity contribution in [3.63, 3.8) is 0 Å². The summed E-state index contributed by atoms with van der Waals surface area (Å²) in [5.74, 6) is -0.328. The van der Waals surface area contributed by atoms with E-state index in [1.165, 1.54) is 12.1 Å². The van der Waals surface area contributed by atoms with Gasteiger partial charge in [-0.3, -0.25) is 9.59 Å². The van der Waals surface area contributed by atoms with Gasteiger partial charge in [-0.25, -0.2) is 13.8 Å². The quantitative estimate of drug-likeness (QED) is 0.620. The van der Waals surface area contributed by atoms with Crippen LogP contribution < -0.4 is 15.4 Å². The molecule has 0 spiro atoms. The minimum absolute atomic E-state index is 0.148. The Labute approximate surface area is 179 Å². The normalized spacial score (nSPS) is 12.0. The third kappa shape index (κ3) is 6.66. The molecule has 2 N–H and O–H groups in total. The number of carbonyl (C=O) groups excluding carboxylic acids is 2. The molecular formula is C21H24ClF2N3O3. The highest BCUT2D eigenvalue weighted by Gasteiger charge is 2.16. The number of amides is 2. The zero-order chi connectivity index (χ0) is 22.4. The summed E-state index contributed by atoms with van der Waals surface area (Å²) in [4.78, 5) is 28.8. The lowest BCUT2D eigenvalue weighted by atomic mass is 10.1. The molecule has 1 atom stereocenters. The molecule has 2 rings (SSSR count). The molecular weight excluding hydrogens is 416 g/mol.